The zero-order chi connectivity index (χ0) is 29.1. The molecular formula is C35H40FN5O2. The molecule has 1 aliphatic carbocycles. The van der Waals surface area contributed by atoms with Crippen LogP contribution >= 0.6 is 0 Å². The van der Waals surface area contributed by atoms with Gasteiger partial charge in [0.15, 0.2) is 5.82 Å². The number of fused-ring (bicyclic) bond motifs is 5. The number of aryl methyl sites for hydroxylation is 1. The maximum absolute atomic E-state index is 16.8. The number of halogens is 1. The van der Waals surface area contributed by atoms with E-state index in [2.05, 4.69) is 41.0 Å². The van der Waals surface area contributed by atoms with Crippen molar-refractivity contribution in [2.45, 2.75) is 69.9 Å². The molecule has 2 aromatic carbocycles. The van der Waals surface area contributed by atoms with Crippen molar-refractivity contribution >= 4 is 27.5 Å². The van der Waals surface area contributed by atoms with E-state index in [1.165, 1.54) is 24.8 Å². The number of aliphatic hydroxyl groups excluding tert-OH is 1. The van der Waals surface area contributed by atoms with Gasteiger partial charge in [-0.15, -0.1) is 0 Å². The molecule has 3 aliphatic heterocycles. The molecule has 3 saturated heterocycles. The summed E-state index contributed by atoms with van der Waals surface area (Å²) in [5.41, 5.74) is 2.43. The topological polar surface area (TPSA) is 74.6 Å². The Balaban J connectivity index is 1.24. The van der Waals surface area contributed by atoms with Gasteiger partial charge < -0.3 is 14.7 Å². The van der Waals surface area contributed by atoms with E-state index in [0.29, 0.717) is 29.5 Å². The third-order valence-corrected chi connectivity index (χ3v) is 10.9. The van der Waals surface area contributed by atoms with Crippen LogP contribution in [0.3, 0.4) is 0 Å². The summed E-state index contributed by atoms with van der Waals surface area (Å²) in [6, 6.07) is 12.7. The number of hydrogen-bond acceptors (Lipinski definition) is 7. The van der Waals surface area contributed by atoms with Crippen LogP contribution in [0.15, 0.2) is 42.6 Å². The first-order chi connectivity index (χ1) is 21.1. The van der Waals surface area contributed by atoms with Crippen LogP contribution < -0.4 is 9.64 Å². The molecule has 2 bridgehead atoms. The van der Waals surface area contributed by atoms with Crippen molar-refractivity contribution in [3.8, 4) is 17.3 Å². The van der Waals surface area contributed by atoms with E-state index in [1.807, 2.05) is 12.1 Å². The third-order valence-electron chi connectivity index (χ3n) is 10.9. The lowest BCUT2D eigenvalue weighted by molar-refractivity contribution is 0.0644. The Morgan fingerprint density at radius 3 is 2.65 bits per heavy atom. The number of piperidine rings is 1. The second-order valence-corrected chi connectivity index (χ2v) is 13.3. The number of aliphatic hydroxyl groups is 1. The maximum atomic E-state index is 16.8. The normalized spacial score (nSPS) is 27.0. The van der Waals surface area contributed by atoms with Gasteiger partial charge in [0.05, 0.1) is 17.5 Å². The Morgan fingerprint density at radius 1 is 1.05 bits per heavy atom. The smallest absolute Gasteiger partial charge is 0.319 e. The number of ether oxygens (including phenoxy) is 1. The highest BCUT2D eigenvalue weighted by Gasteiger charge is 2.49. The molecule has 1 N–H and O–H groups in total. The van der Waals surface area contributed by atoms with Gasteiger partial charge in [-0.05, 0) is 86.1 Å². The number of aromatic nitrogens is 3. The lowest BCUT2D eigenvalue weighted by Gasteiger charge is -2.35. The predicted octanol–water partition coefficient (Wildman–Crippen LogP) is 6.15. The summed E-state index contributed by atoms with van der Waals surface area (Å²) in [4.78, 5) is 19.2. The van der Waals surface area contributed by atoms with Gasteiger partial charge in [0, 0.05) is 30.9 Å². The zero-order valence-corrected chi connectivity index (χ0v) is 24.9. The highest BCUT2D eigenvalue weighted by atomic mass is 19.1. The van der Waals surface area contributed by atoms with Gasteiger partial charge in [0.1, 0.15) is 23.6 Å². The second-order valence-electron chi connectivity index (χ2n) is 13.3. The van der Waals surface area contributed by atoms with Crippen molar-refractivity contribution < 1.29 is 14.2 Å². The fourth-order valence-electron chi connectivity index (χ4n) is 8.81. The minimum atomic E-state index is -0.425. The lowest BCUT2D eigenvalue weighted by Crippen LogP contribution is -2.47. The molecule has 8 heteroatoms. The van der Waals surface area contributed by atoms with Crippen molar-refractivity contribution in [1.82, 2.24) is 19.9 Å². The van der Waals surface area contributed by atoms with E-state index < -0.39 is 5.82 Å². The highest BCUT2D eigenvalue weighted by molar-refractivity contribution is 6.00. The molecule has 2 unspecified atom stereocenters. The zero-order valence-electron chi connectivity index (χ0n) is 24.9. The van der Waals surface area contributed by atoms with Crippen LogP contribution in [-0.4, -0.2) is 69.4 Å². The SMILES string of the molecule is CCc1cccc2cccc(-c3ncc4c(N5CC6CCC(C6)C5)nc(OC[C@]56CCCN5[C@@H](CO)CC6)nc4c3F)c12. The van der Waals surface area contributed by atoms with E-state index >= 15 is 4.39 Å². The maximum Gasteiger partial charge on any atom is 0.319 e. The standard InChI is InChI=1S/C35H40FN5O2/c1-2-24-6-3-7-25-8-4-9-27(29(24)25)31-30(36)32-28(17-37-31)33(40-18-22-10-11-23(16-22)19-40)39-34(38-32)43-21-35-13-5-15-41(35)26(20-42)12-14-35/h3-4,6-9,17,22-23,26,42H,2,5,10-16,18-21H2,1H3/t22?,23?,26-,35-/m1/s1. The summed E-state index contributed by atoms with van der Waals surface area (Å²) in [6.45, 7) is 5.56. The highest BCUT2D eigenvalue weighted by Crippen LogP contribution is 2.44. The first-order valence-corrected chi connectivity index (χ1v) is 16.2. The number of rotatable bonds is 7. The Morgan fingerprint density at radius 2 is 1.86 bits per heavy atom. The van der Waals surface area contributed by atoms with Crippen LogP contribution in [0.1, 0.15) is 57.4 Å². The van der Waals surface area contributed by atoms with Gasteiger partial charge >= 0.3 is 6.01 Å². The van der Waals surface area contributed by atoms with Gasteiger partial charge in [-0.2, -0.15) is 9.97 Å². The Labute approximate surface area is 252 Å². The molecule has 224 valence electrons. The van der Waals surface area contributed by atoms with Crippen molar-refractivity contribution in [2.75, 3.05) is 37.7 Å². The molecule has 8 rings (SSSR count). The molecule has 0 spiro atoms. The molecule has 5 heterocycles. The number of benzene rings is 2. The molecule has 4 atom stereocenters. The molecular weight excluding hydrogens is 541 g/mol. The number of pyridine rings is 1. The van der Waals surface area contributed by atoms with Crippen LogP contribution in [0.2, 0.25) is 0 Å². The summed E-state index contributed by atoms with van der Waals surface area (Å²) in [6.07, 6.45) is 10.5. The Kier molecular flexibility index (Phi) is 6.75. The van der Waals surface area contributed by atoms with Gasteiger partial charge in [-0.1, -0.05) is 43.3 Å². The minimum Gasteiger partial charge on any atom is -0.461 e. The van der Waals surface area contributed by atoms with Crippen LogP contribution in [0, 0.1) is 17.7 Å². The molecule has 43 heavy (non-hydrogen) atoms. The van der Waals surface area contributed by atoms with Crippen molar-refractivity contribution in [2.24, 2.45) is 11.8 Å². The van der Waals surface area contributed by atoms with Crippen LogP contribution in [-0.2, 0) is 6.42 Å². The van der Waals surface area contributed by atoms with Crippen LogP contribution in [0.5, 0.6) is 6.01 Å². The van der Waals surface area contributed by atoms with Gasteiger partial charge in [0.2, 0.25) is 0 Å². The first-order valence-electron chi connectivity index (χ1n) is 16.2. The summed E-state index contributed by atoms with van der Waals surface area (Å²) < 4.78 is 23.2. The van der Waals surface area contributed by atoms with Crippen molar-refractivity contribution in [3.63, 3.8) is 0 Å². The van der Waals surface area contributed by atoms with Gasteiger partial charge in [-0.25, -0.2) is 4.39 Å². The average Bonchev–Trinajstić information content (AvgIpc) is 3.72. The van der Waals surface area contributed by atoms with Crippen LogP contribution in [0.4, 0.5) is 10.2 Å². The monoisotopic (exact) mass is 581 g/mol. The minimum absolute atomic E-state index is 0.114. The molecule has 7 nitrogen and oxygen atoms in total. The molecule has 0 radical (unpaired) electrons. The van der Waals surface area contributed by atoms with E-state index in [9.17, 15) is 5.11 Å². The predicted molar refractivity (Wildman–Crippen MR) is 167 cm³/mol. The van der Waals surface area contributed by atoms with E-state index in [4.69, 9.17) is 19.7 Å². The Hall–Kier alpha value is -3.36. The van der Waals surface area contributed by atoms with Gasteiger partial charge in [0.25, 0.3) is 0 Å². The van der Waals surface area contributed by atoms with E-state index in [1.54, 1.807) is 6.20 Å². The fraction of sp³-hybridized carbons (Fsp3) is 0.514. The third kappa shape index (κ3) is 4.48. The summed E-state index contributed by atoms with van der Waals surface area (Å²) in [5, 5.41) is 12.7. The lowest BCUT2D eigenvalue weighted by atomic mass is 9.95. The largest absolute Gasteiger partial charge is 0.461 e. The van der Waals surface area contributed by atoms with E-state index in [-0.39, 0.29) is 29.7 Å². The molecule has 2 aromatic heterocycles. The number of nitrogens with zero attached hydrogens (tertiary/aromatic N) is 5. The quantitative estimate of drug-likeness (QED) is 0.281. The molecule has 0 amide bonds. The number of hydrogen-bond donors (Lipinski definition) is 1. The Bertz CT molecular complexity index is 1680. The molecule has 4 aliphatic rings. The number of anilines is 1. The molecule has 4 fully saturated rings. The van der Waals surface area contributed by atoms with E-state index in [0.717, 1.165) is 73.9 Å². The second kappa shape index (κ2) is 10.7. The summed E-state index contributed by atoms with van der Waals surface area (Å²) >= 11 is 0. The molecule has 1 saturated carbocycles. The van der Waals surface area contributed by atoms with Crippen molar-refractivity contribution in [3.05, 3.63) is 54.0 Å². The van der Waals surface area contributed by atoms with Crippen molar-refractivity contribution in [1.29, 1.82) is 0 Å². The average molecular weight is 582 g/mol. The fourth-order valence-corrected chi connectivity index (χ4v) is 8.81. The van der Waals surface area contributed by atoms with Gasteiger partial charge in [-0.3, -0.25) is 9.88 Å². The van der Waals surface area contributed by atoms with Crippen LogP contribution in [0.25, 0.3) is 32.9 Å². The summed E-state index contributed by atoms with van der Waals surface area (Å²) in [7, 11) is 0. The summed E-state index contributed by atoms with van der Waals surface area (Å²) in [5.74, 6) is 1.61. The first kappa shape index (κ1) is 27.2. The molecule has 4 aromatic rings.